The molecule has 0 spiro atoms. The molecule has 1 aromatic carbocycles. The van der Waals surface area contributed by atoms with Crippen LogP contribution in [0.25, 0.3) is 0 Å². The molecule has 0 saturated heterocycles. The van der Waals surface area contributed by atoms with Gasteiger partial charge in [-0.2, -0.15) is 0 Å². The average Bonchev–Trinajstić information content (AvgIpc) is 3.33. The number of aryl methyl sites for hydroxylation is 2. The van der Waals surface area contributed by atoms with Crippen LogP contribution in [0.1, 0.15) is 32.2 Å². The van der Waals surface area contributed by atoms with E-state index in [-0.39, 0.29) is 24.8 Å². The molecule has 152 valence electrons. The van der Waals surface area contributed by atoms with Crippen LogP contribution in [0.3, 0.4) is 0 Å². The van der Waals surface area contributed by atoms with Gasteiger partial charge in [0, 0.05) is 28.4 Å². The van der Waals surface area contributed by atoms with E-state index >= 15 is 0 Å². The van der Waals surface area contributed by atoms with Gasteiger partial charge >= 0.3 is 5.97 Å². The van der Waals surface area contributed by atoms with E-state index < -0.39 is 0 Å². The van der Waals surface area contributed by atoms with Crippen LogP contribution in [0.15, 0.2) is 47.8 Å². The molecule has 0 aliphatic heterocycles. The van der Waals surface area contributed by atoms with E-state index in [1.165, 1.54) is 12.0 Å². The van der Waals surface area contributed by atoms with Crippen LogP contribution in [-0.4, -0.2) is 30.0 Å². The lowest BCUT2D eigenvalue weighted by atomic mass is 10.1. The summed E-state index contributed by atoms with van der Waals surface area (Å²) in [7, 11) is 1.37. The van der Waals surface area contributed by atoms with Gasteiger partial charge in [0.25, 0.3) is 0 Å². The van der Waals surface area contributed by atoms with Crippen molar-refractivity contribution in [3.05, 3.63) is 75.2 Å². The van der Waals surface area contributed by atoms with E-state index in [4.69, 9.17) is 4.74 Å². The molecule has 2 heterocycles. The number of nitrogens with zero attached hydrogens (tertiary/aromatic N) is 1. The molecule has 0 saturated carbocycles. The van der Waals surface area contributed by atoms with Gasteiger partial charge in [0.15, 0.2) is 6.61 Å². The summed E-state index contributed by atoms with van der Waals surface area (Å²) in [5.74, 6) is 0.265. The number of methoxy groups -OCH3 is 1. The highest BCUT2D eigenvalue weighted by Gasteiger charge is 2.16. The Balaban J connectivity index is 1.59. The van der Waals surface area contributed by atoms with Crippen molar-refractivity contribution in [3.63, 3.8) is 0 Å². The van der Waals surface area contributed by atoms with Crippen molar-refractivity contribution in [1.82, 2.24) is 4.57 Å². The molecular formula is C23H25NO4S. The van der Waals surface area contributed by atoms with Crippen LogP contribution in [0.2, 0.25) is 0 Å². The highest BCUT2D eigenvalue weighted by molar-refractivity contribution is 7.09. The standard InChI is InChI=1S/C23H25NO4S/c1-16-13-21(17(2)24(16)11-10-20-5-4-12-29-20)22(25)15-28-19-8-6-18(7-9-19)14-23(26)27-3/h4-9,12-13H,10-11,14-15H2,1-3H3. The first-order valence-electron chi connectivity index (χ1n) is 9.48. The van der Waals surface area contributed by atoms with Gasteiger partial charge in [-0.1, -0.05) is 18.2 Å². The lowest BCUT2D eigenvalue weighted by Gasteiger charge is -2.09. The third kappa shape index (κ3) is 5.35. The summed E-state index contributed by atoms with van der Waals surface area (Å²) >= 11 is 1.75. The molecule has 29 heavy (non-hydrogen) atoms. The van der Waals surface area contributed by atoms with Gasteiger partial charge < -0.3 is 14.0 Å². The molecule has 0 radical (unpaired) electrons. The Bertz CT molecular complexity index is 971. The lowest BCUT2D eigenvalue weighted by Crippen LogP contribution is -2.13. The second-order valence-corrected chi connectivity index (χ2v) is 7.91. The Morgan fingerprint density at radius 3 is 2.52 bits per heavy atom. The van der Waals surface area contributed by atoms with E-state index in [2.05, 4.69) is 26.8 Å². The van der Waals surface area contributed by atoms with Crippen LogP contribution >= 0.6 is 11.3 Å². The number of hydrogen-bond acceptors (Lipinski definition) is 5. The van der Waals surface area contributed by atoms with Gasteiger partial charge in [-0.3, -0.25) is 9.59 Å². The Hall–Kier alpha value is -2.86. The van der Waals surface area contributed by atoms with Crippen LogP contribution in [0.5, 0.6) is 5.75 Å². The van der Waals surface area contributed by atoms with E-state index in [0.29, 0.717) is 11.3 Å². The molecule has 2 aromatic heterocycles. The van der Waals surface area contributed by atoms with Crippen LogP contribution in [-0.2, 0) is 28.9 Å². The molecule has 0 N–H and O–H groups in total. The normalized spacial score (nSPS) is 10.7. The molecule has 0 amide bonds. The number of esters is 1. The fraction of sp³-hybridized carbons (Fsp3) is 0.304. The number of aromatic nitrogens is 1. The SMILES string of the molecule is COC(=O)Cc1ccc(OCC(=O)c2cc(C)n(CCc3cccs3)c2C)cc1. The Labute approximate surface area is 174 Å². The van der Waals surface area contributed by atoms with E-state index in [0.717, 1.165) is 29.9 Å². The summed E-state index contributed by atoms with van der Waals surface area (Å²) in [5.41, 5.74) is 3.59. The van der Waals surface area contributed by atoms with Crippen molar-refractivity contribution in [2.24, 2.45) is 0 Å². The van der Waals surface area contributed by atoms with Crippen molar-refractivity contribution < 1.29 is 19.1 Å². The zero-order chi connectivity index (χ0) is 20.8. The number of hydrogen-bond donors (Lipinski definition) is 0. The highest BCUT2D eigenvalue weighted by Crippen LogP contribution is 2.19. The van der Waals surface area contributed by atoms with Crippen LogP contribution in [0.4, 0.5) is 0 Å². The molecule has 5 nitrogen and oxygen atoms in total. The fourth-order valence-electron chi connectivity index (χ4n) is 3.27. The Kier molecular flexibility index (Phi) is 6.88. The number of Topliss-reactive ketones (excluding diaryl/α,β-unsaturated/α-hetero) is 1. The van der Waals surface area contributed by atoms with Crippen molar-refractivity contribution in [1.29, 1.82) is 0 Å². The van der Waals surface area contributed by atoms with E-state index in [1.807, 2.05) is 19.9 Å². The van der Waals surface area contributed by atoms with E-state index in [9.17, 15) is 9.59 Å². The maximum absolute atomic E-state index is 12.7. The van der Waals surface area contributed by atoms with Crippen molar-refractivity contribution in [3.8, 4) is 5.75 Å². The maximum atomic E-state index is 12.7. The van der Waals surface area contributed by atoms with Gasteiger partial charge in [-0.25, -0.2) is 0 Å². The minimum Gasteiger partial charge on any atom is -0.485 e. The van der Waals surface area contributed by atoms with Gasteiger partial charge in [-0.15, -0.1) is 11.3 Å². The summed E-state index contributed by atoms with van der Waals surface area (Å²) < 4.78 is 12.5. The molecule has 0 aliphatic carbocycles. The number of thiophene rings is 1. The quantitative estimate of drug-likeness (QED) is 0.387. The number of carbonyl (C=O) groups is 2. The third-order valence-electron chi connectivity index (χ3n) is 4.91. The predicted octanol–water partition coefficient (Wildman–Crippen LogP) is 4.39. The van der Waals surface area contributed by atoms with Crippen LogP contribution in [0, 0.1) is 13.8 Å². The Morgan fingerprint density at radius 2 is 1.86 bits per heavy atom. The zero-order valence-electron chi connectivity index (χ0n) is 16.9. The second kappa shape index (κ2) is 9.56. The summed E-state index contributed by atoms with van der Waals surface area (Å²) in [4.78, 5) is 25.3. The molecule has 3 rings (SSSR count). The summed E-state index contributed by atoms with van der Waals surface area (Å²) in [6.07, 6.45) is 1.17. The smallest absolute Gasteiger partial charge is 0.309 e. The summed E-state index contributed by atoms with van der Waals surface area (Å²) in [6.45, 7) is 4.84. The predicted molar refractivity (Wildman–Crippen MR) is 114 cm³/mol. The molecule has 0 aliphatic rings. The first kappa shape index (κ1) is 20.9. The number of rotatable bonds is 9. The number of benzene rings is 1. The zero-order valence-corrected chi connectivity index (χ0v) is 17.8. The van der Waals surface area contributed by atoms with Gasteiger partial charge in [0.1, 0.15) is 5.75 Å². The molecular weight excluding hydrogens is 386 g/mol. The van der Waals surface area contributed by atoms with Crippen molar-refractivity contribution >= 4 is 23.1 Å². The third-order valence-corrected chi connectivity index (χ3v) is 5.84. The number of ketones is 1. The van der Waals surface area contributed by atoms with E-state index in [1.54, 1.807) is 35.6 Å². The summed E-state index contributed by atoms with van der Waals surface area (Å²) in [5, 5.41) is 2.08. The van der Waals surface area contributed by atoms with Crippen molar-refractivity contribution in [2.75, 3.05) is 13.7 Å². The number of carbonyl (C=O) groups excluding carboxylic acids is 2. The minimum atomic E-state index is -0.289. The first-order valence-corrected chi connectivity index (χ1v) is 10.4. The van der Waals surface area contributed by atoms with Gasteiger partial charge in [0.05, 0.1) is 13.5 Å². The molecule has 0 unspecified atom stereocenters. The van der Waals surface area contributed by atoms with Crippen LogP contribution < -0.4 is 4.74 Å². The van der Waals surface area contributed by atoms with Gasteiger partial charge in [-0.05, 0) is 55.5 Å². The monoisotopic (exact) mass is 411 g/mol. The molecule has 0 bridgehead atoms. The van der Waals surface area contributed by atoms with Crippen molar-refractivity contribution in [2.45, 2.75) is 33.2 Å². The second-order valence-electron chi connectivity index (χ2n) is 6.87. The highest BCUT2D eigenvalue weighted by atomic mass is 32.1. The first-order chi connectivity index (χ1) is 14.0. The summed E-state index contributed by atoms with van der Waals surface area (Å²) in [6, 6.07) is 13.2. The fourth-order valence-corrected chi connectivity index (χ4v) is 3.97. The van der Waals surface area contributed by atoms with Gasteiger partial charge in [0.2, 0.25) is 5.78 Å². The Morgan fingerprint density at radius 1 is 1.10 bits per heavy atom. The lowest BCUT2D eigenvalue weighted by molar-refractivity contribution is -0.139. The average molecular weight is 412 g/mol. The molecule has 0 fully saturated rings. The largest absolute Gasteiger partial charge is 0.485 e. The maximum Gasteiger partial charge on any atom is 0.309 e. The molecule has 6 heteroatoms. The number of ether oxygens (including phenoxy) is 2. The molecule has 0 atom stereocenters. The minimum absolute atomic E-state index is 0.0223. The molecule has 3 aromatic rings. The topological polar surface area (TPSA) is 57.5 Å².